The number of piperidine rings is 1. The van der Waals surface area contributed by atoms with Gasteiger partial charge in [0, 0.05) is 18.8 Å². The Bertz CT molecular complexity index is 947. The van der Waals surface area contributed by atoms with E-state index in [9.17, 15) is 13.2 Å². The Kier molecular flexibility index (Phi) is 5.89. The van der Waals surface area contributed by atoms with E-state index < -0.39 is 15.9 Å². The lowest BCUT2D eigenvalue weighted by Crippen LogP contribution is -2.35. The first kappa shape index (κ1) is 19.9. The standard InChI is InChI=1S/C20H23ClN2O3S/c1-14-10-15(2)12-16(11-14)22-20(24)18-13-17(6-7-19(18)21)27(25,26)23-8-4-3-5-9-23/h6-7,10-13H,3-5,8-9H2,1-2H3,(H,22,24). The van der Waals surface area contributed by atoms with Crippen LogP contribution in [-0.4, -0.2) is 31.7 Å². The van der Waals surface area contributed by atoms with Gasteiger partial charge < -0.3 is 5.32 Å². The first-order chi connectivity index (χ1) is 12.8. The van der Waals surface area contributed by atoms with Crippen LogP contribution in [0, 0.1) is 13.8 Å². The molecule has 0 aliphatic carbocycles. The number of carbonyl (C=O) groups excluding carboxylic acids is 1. The van der Waals surface area contributed by atoms with Crippen molar-refractivity contribution in [2.75, 3.05) is 18.4 Å². The molecule has 2 aromatic carbocycles. The van der Waals surface area contributed by atoms with Crippen molar-refractivity contribution in [2.24, 2.45) is 0 Å². The molecule has 0 aromatic heterocycles. The van der Waals surface area contributed by atoms with Crippen molar-refractivity contribution in [3.8, 4) is 0 Å². The van der Waals surface area contributed by atoms with Gasteiger partial charge >= 0.3 is 0 Å². The van der Waals surface area contributed by atoms with Crippen molar-refractivity contribution in [3.05, 3.63) is 58.1 Å². The van der Waals surface area contributed by atoms with Crippen molar-refractivity contribution in [3.63, 3.8) is 0 Å². The normalized spacial score (nSPS) is 15.5. The predicted molar refractivity (Wildman–Crippen MR) is 108 cm³/mol. The molecule has 0 unspecified atom stereocenters. The fourth-order valence-corrected chi connectivity index (χ4v) is 5.09. The molecule has 144 valence electrons. The molecule has 3 rings (SSSR count). The lowest BCUT2D eigenvalue weighted by molar-refractivity contribution is 0.102. The van der Waals surface area contributed by atoms with E-state index in [-0.39, 0.29) is 15.5 Å². The van der Waals surface area contributed by atoms with E-state index in [0.717, 1.165) is 30.4 Å². The van der Waals surface area contributed by atoms with Gasteiger partial charge in [-0.15, -0.1) is 0 Å². The molecule has 1 saturated heterocycles. The number of anilines is 1. The summed E-state index contributed by atoms with van der Waals surface area (Å²) in [7, 11) is -3.63. The fourth-order valence-electron chi connectivity index (χ4n) is 3.34. The first-order valence-electron chi connectivity index (χ1n) is 8.97. The third-order valence-corrected chi connectivity index (χ3v) is 6.84. The minimum atomic E-state index is -3.63. The quantitative estimate of drug-likeness (QED) is 0.819. The fraction of sp³-hybridized carbons (Fsp3) is 0.350. The Labute approximate surface area is 165 Å². The van der Waals surface area contributed by atoms with E-state index in [0.29, 0.717) is 18.8 Å². The molecule has 1 fully saturated rings. The average Bonchev–Trinajstić information content (AvgIpc) is 2.61. The second kappa shape index (κ2) is 8.00. The molecule has 1 amide bonds. The maximum atomic E-state index is 12.9. The van der Waals surface area contributed by atoms with Gasteiger partial charge in [0.1, 0.15) is 0 Å². The van der Waals surface area contributed by atoms with Crippen LogP contribution in [0.5, 0.6) is 0 Å². The van der Waals surface area contributed by atoms with E-state index in [1.807, 2.05) is 32.0 Å². The van der Waals surface area contributed by atoms with E-state index in [2.05, 4.69) is 5.32 Å². The summed E-state index contributed by atoms with van der Waals surface area (Å²) in [5.74, 6) is -0.430. The summed E-state index contributed by atoms with van der Waals surface area (Å²) >= 11 is 6.19. The van der Waals surface area contributed by atoms with Crippen molar-refractivity contribution in [1.82, 2.24) is 4.31 Å². The summed E-state index contributed by atoms with van der Waals surface area (Å²) in [6, 6.07) is 10.0. The molecule has 0 bridgehead atoms. The highest BCUT2D eigenvalue weighted by Crippen LogP contribution is 2.26. The maximum absolute atomic E-state index is 12.9. The zero-order valence-electron chi connectivity index (χ0n) is 15.5. The molecular weight excluding hydrogens is 384 g/mol. The molecular formula is C20H23ClN2O3S. The third kappa shape index (κ3) is 4.51. The second-order valence-corrected chi connectivity index (χ2v) is 9.28. The Morgan fingerprint density at radius 2 is 1.63 bits per heavy atom. The number of nitrogens with zero attached hydrogens (tertiary/aromatic N) is 1. The number of hydrogen-bond acceptors (Lipinski definition) is 3. The summed E-state index contributed by atoms with van der Waals surface area (Å²) < 4.78 is 27.2. The number of nitrogens with one attached hydrogen (secondary N) is 1. The van der Waals surface area contributed by atoms with Gasteiger partial charge in [-0.2, -0.15) is 4.31 Å². The highest BCUT2D eigenvalue weighted by atomic mass is 35.5. The largest absolute Gasteiger partial charge is 0.322 e. The van der Waals surface area contributed by atoms with E-state index >= 15 is 0 Å². The molecule has 1 N–H and O–H groups in total. The smallest absolute Gasteiger partial charge is 0.257 e. The Morgan fingerprint density at radius 3 is 2.26 bits per heavy atom. The highest BCUT2D eigenvalue weighted by molar-refractivity contribution is 7.89. The van der Waals surface area contributed by atoms with Crippen LogP contribution in [0.15, 0.2) is 41.3 Å². The summed E-state index contributed by atoms with van der Waals surface area (Å²) in [6.45, 7) is 4.91. The molecule has 1 aliphatic rings. The molecule has 7 heteroatoms. The highest BCUT2D eigenvalue weighted by Gasteiger charge is 2.27. The van der Waals surface area contributed by atoms with Crippen LogP contribution in [0.4, 0.5) is 5.69 Å². The molecule has 2 aromatic rings. The van der Waals surface area contributed by atoms with Gasteiger partial charge in [0.05, 0.1) is 15.5 Å². The molecule has 5 nitrogen and oxygen atoms in total. The summed E-state index contributed by atoms with van der Waals surface area (Å²) in [4.78, 5) is 12.8. The summed E-state index contributed by atoms with van der Waals surface area (Å²) in [6.07, 6.45) is 2.75. The predicted octanol–water partition coefficient (Wildman–Crippen LogP) is 4.38. The number of rotatable bonds is 4. The molecule has 0 saturated carbocycles. The van der Waals surface area contributed by atoms with Crippen LogP contribution in [-0.2, 0) is 10.0 Å². The average molecular weight is 407 g/mol. The monoisotopic (exact) mass is 406 g/mol. The van der Waals surface area contributed by atoms with E-state index in [1.165, 1.54) is 22.5 Å². The van der Waals surface area contributed by atoms with Crippen LogP contribution in [0.2, 0.25) is 5.02 Å². The van der Waals surface area contributed by atoms with Crippen molar-refractivity contribution >= 4 is 33.2 Å². The lowest BCUT2D eigenvalue weighted by atomic mass is 10.1. The zero-order chi connectivity index (χ0) is 19.6. The summed E-state index contributed by atoms with van der Waals surface area (Å²) in [5, 5.41) is 3.02. The first-order valence-corrected chi connectivity index (χ1v) is 10.8. The number of amides is 1. The minimum absolute atomic E-state index is 0.0966. The van der Waals surface area contributed by atoms with Gasteiger partial charge in [-0.05, 0) is 68.1 Å². The van der Waals surface area contributed by atoms with Crippen LogP contribution in [0.3, 0.4) is 0 Å². The molecule has 27 heavy (non-hydrogen) atoms. The molecule has 1 heterocycles. The minimum Gasteiger partial charge on any atom is -0.322 e. The molecule has 0 radical (unpaired) electrons. The Hall–Kier alpha value is -1.89. The maximum Gasteiger partial charge on any atom is 0.257 e. The number of benzene rings is 2. The van der Waals surface area contributed by atoms with Crippen molar-refractivity contribution in [1.29, 1.82) is 0 Å². The van der Waals surface area contributed by atoms with Gasteiger partial charge in [-0.1, -0.05) is 24.1 Å². The van der Waals surface area contributed by atoms with E-state index in [4.69, 9.17) is 11.6 Å². The number of sulfonamides is 1. The topological polar surface area (TPSA) is 66.5 Å². The molecule has 0 atom stereocenters. The van der Waals surface area contributed by atoms with Gasteiger partial charge in [0.15, 0.2) is 0 Å². The zero-order valence-corrected chi connectivity index (χ0v) is 17.0. The number of carbonyl (C=O) groups is 1. The molecule has 0 spiro atoms. The Morgan fingerprint density at radius 1 is 1.00 bits per heavy atom. The van der Waals surface area contributed by atoms with Gasteiger partial charge in [0.25, 0.3) is 5.91 Å². The Balaban J connectivity index is 1.89. The summed E-state index contributed by atoms with van der Waals surface area (Å²) in [5.41, 5.74) is 2.85. The molecule has 1 aliphatic heterocycles. The van der Waals surface area contributed by atoms with Gasteiger partial charge in [0.2, 0.25) is 10.0 Å². The van der Waals surface area contributed by atoms with E-state index in [1.54, 1.807) is 0 Å². The number of aryl methyl sites for hydroxylation is 2. The lowest BCUT2D eigenvalue weighted by Gasteiger charge is -2.26. The van der Waals surface area contributed by atoms with Crippen LogP contribution >= 0.6 is 11.6 Å². The SMILES string of the molecule is Cc1cc(C)cc(NC(=O)c2cc(S(=O)(=O)N3CCCCC3)ccc2Cl)c1. The second-order valence-electron chi connectivity index (χ2n) is 6.94. The van der Waals surface area contributed by atoms with Crippen LogP contribution < -0.4 is 5.32 Å². The third-order valence-electron chi connectivity index (χ3n) is 4.61. The van der Waals surface area contributed by atoms with Crippen molar-refractivity contribution < 1.29 is 13.2 Å². The van der Waals surface area contributed by atoms with Crippen molar-refractivity contribution in [2.45, 2.75) is 38.0 Å². The van der Waals surface area contributed by atoms with Crippen LogP contribution in [0.25, 0.3) is 0 Å². The van der Waals surface area contributed by atoms with Crippen LogP contribution in [0.1, 0.15) is 40.7 Å². The van der Waals surface area contributed by atoms with Gasteiger partial charge in [-0.3, -0.25) is 4.79 Å². The number of hydrogen-bond donors (Lipinski definition) is 1. The van der Waals surface area contributed by atoms with Gasteiger partial charge in [-0.25, -0.2) is 8.42 Å². The number of halogens is 1.